The van der Waals surface area contributed by atoms with Gasteiger partial charge in [0.15, 0.2) is 0 Å². The van der Waals surface area contributed by atoms with E-state index in [0.717, 1.165) is 41.9 Å². The lowest BCUT2D eigenvalue weighted by atomic mass is 9.92. The lowest BCUT2D eigenvalue weighted by Gasteiger charge is -2.26. The van der Waals surface area contributed by atoms with Crippen molar-refractivity contribution in [1.82, 2.24) is 10.3 Å². The van der Waals surface area contributed by atoms with E-state index in [1.165, 1.54) is 5.56 Å². The van der Waals surface area contributed by atoms with Crippen LogP contribution in [0.15, 0.2) is 29.6 Å². The minimum Gasteiger partial charge on any atom is -0.353 e. The summed E-state index contributed by atoms with van der Waals surface area (Å²) < 4.78 is 0. The van der Waals surface area contributed by atoms with Crippen LogP contribution in [0.4, 0.5) is 0 Å². The van der Waals surface area contributed by atoms with E-state index in [2.05, 4.69) is 41.5 Å². The number of thiazole rings is 1. The van der Waals surface area contributed by atoms with Gasteiger partial charge in [0.1, 0.15) is 5.01 Å². The number of hydrogen-bond acceptors (Lipinski definition) is 4. The molecule has 1 aromatic carbocycles. The van der Waals surface area contributed by atoms with Gasteiger partial charge in [-0.3, -0.25) is 4.79 Å². The van der Waals surface area contributed by atoms with Crippen molar-refractivity contribution in [3.8, 4) is 10.6 Å². The van der Waals surface area contributed by atoms with E-state index in [1.807, 2.05) is 5.38 Å². The van der Waals surface area contributed by atoms with E-state index in [4.69, 9.17) is 5.73 Å². The van der Waals surface area contributed by atoms with E-state index in [0.29, 0.717) is 12.5 Å². The molecule has 4 nitrogen and oxygen atoms in total. The van der Waals surface area contributed by atoms with Crippen LogP contribution in [-0.2, 0) is 11.2 Å². The molecule has 1 amide bonds. The van der Waals surface area contributed by atoms with Crippen molar-refractivity contribution in [2.75, 3.05) is 0 Å². The minimum atomic E-state index is 0. The SMILES string of the molecule is Cc1ccc(-c2nc(CC(=O)NC3CCC(N)CC3)cs2)cc1.Cl.Cl. The molecule has 1 aliphatic carbocycles. The lowest BCUT2D eigenvalue weighted by molar-refractivity contribution is -0.121. The van der Waals surface area contributed by atoms with Crippen LogP contribution in [-0.4, -0.2) is 23.0 Å². The highest BCUT2D eigenvalue weighted by Crippen LogP contribution is 2.24. The third-order valence-corrected chi connectivity index (χ3v) is 5.27. The number of amides is 1. The summed E-state index contributed by atoms with van der Waals surface area (Å²) in [6, 6.07) is 8.89. The van der Waals surface area contributed by atoms with Gasteiger partial charge in [0, 0.05) is 23.0 Å². The zero-order valence-corrected chi connectivity index (χ0v) is 16.7. The number of rotatable bonds is 4. The van der Waals surface area contributed by atoms with Crippen LogP contribution in [0.1, 0.15) is 36.9 Å². The maximum atomic E-state index is 12.2. The maximum absolute atomic E-state index is 12.2. The topological polar surface area (TPSA) is 68.0 Å². The van der Waals surface area contributed by atoms with Crippen molar-refractivity contribution >= 4 is 42.1 Å². The summed E-state index contributed by atoms with van der Waals surface area (Å²) in [6.45, 7) is 2.07. The average molecular weight is 402 g/mol. The maximum Gasteiger partial charge on any atom is 0.226 e. The molecule has 3 rings (SSSR count). The van der Waals surface area contributed by atoms with Gasteiger partial charge < -0.3 is 11.1 Å². The van der Waals surface area contributed by atoms with Crippen molar-refractivity contribution < 1.29 is 4.79 Å². The van der Waals surface area contributed by atoms with Gasteiger partial charge in [0.25, 0.3) is 0 Å². The molecule has 0 saturated heterocycles. The fraction of sp³-hybridized carbons (Fsp3) is 0.444. The Morgan fingerprint density at radius 2 is 1.84 bits per heavy atom. The molecule has 0 unspecified atom stereocenters. The van der Waals surface area contributed by atoms with Crippen molar-refractivity contribution in [1.29, 1.82) is 0 Å². The Morgan fingerprint density at radius 3 is 2.48 bits per heavy atom. The Bertz CT molecular complexity index is 667. The predicted octanol–water partition coefficient (Wildman–Crippen LogP) is 3.89. The number of hydrogen-bond donors (Lipinski definition) is 2. The van der Waals surface area contributed by atoms with Crippen molar-refractivity contribution in [3.05, 3.63) is 40.9 Å². The third kappa shape index (κ3) is 6.26. The molecule has 7 heteroatoms. The second kappa shape index (κ2) is 10.1. The molecule has 1 fully saturated rings. The molecule has 0 atom stereocenters. The van der Waals surface area contributed by atoms with Gasteiger partial charge in [-0.2, -0.15) is 0 Å². The van der Waals surface area contributed by atoms with Crippen LogP contribution >= 0.6 is 36.2 Å². The number of aryl methyl sites for hydroxylation is 1. The first-order chi connectivity index (χ1) is 11.1. The van der Waals surface area contributed by atoms with Crippen molar-refractivity contribution in [2.24, 2.45) is 5.73 Å². The van der Waals surface area contributed by atoms with Crippen LogP contribution in [0.25, 0.3) is 10.6 Å². The van der Waals surface area contributed by atoms with Gasteiger partial charge in [-0.15, -0.1) is 36.2 Å². The van der Waals surface area contributed by atoms with Gasteiger partial charge in [-0.25, -0.2) is 4.98 Å². The summed E-state index contributed by atoms with van der Waals surface area (Å²) >= 11 is 1.59. The van der Waals surface area contributed by atoms with Gasteiger partial charge in [0.2, 0.25) is 5.91 Å². The van der Waals surface area contributed by atoms with E-state index < -0.39 is 0 Å². The highest BCUT2D eigenvalue weighted by molar-refractivity contribution is 7.13. The smallest absolute Gasteiger partial charge is 0.226 e. The van der Waals surface area contributed by atoms with E-state index in [1.54, 1.807) is 11.3 Å². The number of aromatic nitrogens is 1. The summed E-state index contributed by atoms with van der Waals surface area (Å²) in [5.41, 5.74) is 9.08. The number of nitrogens with zero attached hydrogens (tertiary/aromatic N) is 1. The first-order valence-corrected chi connectivity index (χ1v) is 9.04. The summed E-state index contributed by atoms with van der Waals surface area (Å²) in [5, 5.41) is 6.06. The molecule has 1 aromatic heterocycles. The van der Waals surface area contributed by atoms with E-state index >= 15 is 0 Å². The number of carbonyl (C=O) groups excluding carboxylic acids is 1. The molecule has 1 saturated carbocycles. The van der Waals surface area contributed by atoms with Crippen LogP contribution < -0.4 is 11.1 Å². The summed E-state index contributed by atoms with van der Waals surface area (Å²) in [6.07, 6.45) is 4.32. The predicted molar refractivity (Wildman–Crippen MR) is 109 cm³/mol. The normalized spacial score (nSPS) is 19.4. The first kappa shape index (κ1) is 21.9. The Kier molecular flexibility index (Phi) is 8.86. The Labute approximate surface area is 165 Å². The van der Waals surface area contributed by atoms with Crippen molar-refractivity contribution in [2.45, 2.75) is 51.1 Å². The fourth-order valence-corrected chi connectivity index (χ4v) is 3.75. The molecular weight excluding hydrogens is 377 g/mol. The fourth-order valence-electron chi connectivity index (χ4n) is 2.92. The molecule has 1 heterocycles. The van der Waals surface area contributed by atoms with Gasteiger partial charge >= 0.3 is 0 Å². The zero-order chi connectivity index (χ0) is 16.2. The number of nitrogens with one attached hydrogen (secondary N) is 1. The molecule has 0 aliphatic heterocycles. The van der Waals surface area contributed by atoms with Crippen molar-refractivity contribution in [3.63, 3.8) is 0 Å². The Balaban J connectivity index is 0.00000156. The molecule has 3 N–H and O–H groups in total. The summed E-state index contributed by atoms with van der Waals surface area (Å²) in [7, 11) is 0. The van der Waals surface area contributed by atoms with E-state index in [-0.39, 0.29) is 36.8 Å². The molecule has 25 heavy (non-hydrogen) atoms. The minimum absolute atomic E-state index is 0. The molecule has 1 aliphatic rings. The Hall–Kier alpha value is -1.14. The number of nitrogens with two attached hydrogens (primary N) is 1. The quantitative estimate of drug-likeness (QED) is 0.815. The number of carbonyl (C=O) groups is 1. The number of halogens is 2. The average Bonchev–Trinajstić information content (AvgIpc) is 2.98. The zero-order valence-electron chi connectivity index (χ0n) is 14.2. The lowest BCUT2D eigenvalue weighted by Crippen LogP contribution is -2.41. The summed E-state index contributed by atoms with van der Waals surface area (Å²) in [5.74, 6) is 0.0613. The second-order valence-electron chi connectivity index (χ2n) is 6.37. The second-order valence-corrected chi connectivity index (χ2v) is 7.22. The van der Waals surface area contributed by atoms with Crippen LogP contribution in [0.3, 0.4) is 0 Å². The molecular formula is C18H25Cl2N3OS. The highest BCUT2D eigenvalue weighted by Gasteiger charge is 2.20. The monoisotopic (exact) mass is 401 g/mol. The van der Waals surface area contributed by atoms with E-state index in [9.17, 15) is 4.79 Å². The third-order valence-electron chi connectivity index (χ3n) is 4.33. The number of benzene rings is 1. The van der Waals surface area contributed by atoms with Gasteiger partial charge in [-0.05, 0) is 32.6 Å². The molecule has 138 valence electrons. The summed E-state index contributed by atoms with van der Waals surface area (Å²) in [4.78, 5) is 16.8. The molecule has 0 radical (unpaired) electrons. The van der Waals surface area contributed by atoms with Gasteiger partial charge in [-0.1, -0.05) is 29.8 Å². The highest BCUT2D eigenvalue weighted by atomic mass is 35.5. The Morgan fingerprint density at radius 1 is 1.20 bits per heavy atom. The first-order valence-electron chi connectivity index (χ1n) is 8.16. The standard InChI is InChI=1S/C18H23N3OS.2ClH/c1-12-2-4-13(5-3-12)18-21-16(11-23-18)10-17(22)20-15-8-6-14(19)7-9-15;;/h2-5,11,14-15H,6-10,19H2,1H3,(H,20,22);2*1H. The van der Waals surface area contributed by atoms with Crippen LogP contribution in [0, 0.1) is 6.92 Å². The van der Waals surface area contributed by atoms with Crippen LogP contribution in [0.5, 0.6) is 0 Å². The molecule has 0 bridgehead atoms. The van der Waals surface area contributed by atoms with Crippen LogP contribution in [0.2, 0.25) is 0 Å². The largest absolute Gasteiger partial charge is 0.353 e. The molecule has 2 aromatic rings. The molecule has 0 spiro atoms. The van der Waals surface area contributed by atoms with Gasteiger partial charge in [0.05, 0.1) is 12.1 Å².